The Morgan fingerprint density at radius 1 is 1.61 bits per heavy atom. The average molecular weight is 268 g/mol. The predicted molar refractivity (Wildman–Crippen MR) is 78.4 cm³/mol. The van der Waals surface area contributed by atoms with E-state index in [1.54, 1.807) is 0 Å². The third-order valence-electron chi connectivity index (χ3n) is 3.54. The molecule has 0 bridgehead atoms. The van der Waals surface area contributed by atoms with Gasteiger partial charge in [-0.25, -0.2) is 4.98 Å². The molecule has 18 heavy (non-hydrogen) atoms. The highest BCUT2D eigenvalue weighted by Gasteiger charge is 2.22. The van der Waals surface area contributed by atoms with E-state index in [4.69, 9.17) is 0 Å². The zero-order valence-corrected chi connectivity index (χ0v) is 12.5. The zero-order chi connectivity index (χ0) is 13.0. The largest absolute Gasteiger partial charge is 0.347 e. The van der Waals surface area contributed by atoms with E-state index in [0.29, 0.717) is 6.04 Å². The summed E-state index contributed by atoms with van der Waals surface area (Å²) >= 11 is 1.81. The van der Waals surface area contributed by atoms with Crippen LogP contribution < -0.4 is 10.2 Å². The second-order valence-electron chi connectivity index (χ2n) is 5.06. The van der Waals surface area contributed by atoms with Gasteiger partial charge in [-0.15, -0.1) is 11.3 Å². The highest BCUT2D eigenvalue weighted by Crippen LogP contribution is 2.25. The van der Waals surface area contributed by atoms with Gasteiger partial charge in [0.25, 0.3) is 0 Å². The predicted octanol–water partition coefficient (Wildman–Crippen LogP) is 1.78. The van der Waals surface area contributed by atoms with Gasteiger partial charge < -0.3 is 15.1 Å². The molecule has 0 aromatic carbocycles. The molecule has 0 radical (unpaired) electrons. The Morgan fingerprint density at radius 2 is 2.44 bits per heavy atom. The number of likely N-dealkylation sites (tertiary alicyclic amines) is 1. The van der Waals surface area contributed by atoms with Gasteiger partial charge in [-0.05, 0) is 33.0 Å². The lowest BCUT2D eigenvalue weighted by Crippen LogP contribution is -2.45. The highest BCUT2D eigenvalue weighted by atomic mass is 32.1. The van der Waals surface area contributed by atoms with Gasteiger partial charge >= 0.3 is 0 Å². The molecule has 1 N–H and O–H groups in total. The van der Waals surface area contributed by atoms with Gasteiger partial charge in [0.15, 0.2) is 5.13 Å². The second-order valence-corrected chi connectivity index (χ2v) is 6.15. The Labute approximate surface area is 114 Å². The summed E-state index contributed by atoms with van der Waals surface area (Å²) in [5.74, 6) is 0. The molecule has 1 aliphatic rings. The molecule has 1 atom stereocenters. The van der Waals surface area contributed by atoms with Crippen molar-refractivity contribution >= 4 is 16.5 Å². The van der Waals surface area contributed by atoms with Gasteiger partial charge in [-0.3, -0.25) is 0 Å². The molecule has 1 saturated heterocycles. The fourth-order valence-corrected chi connectivity index (χ4v) is 3.31. The lowest BCUT2D eigenvalue weighted by atomic mass is 10.1. The fourth-order valence-electron chi connectivity index (χ4n) is 2.40. The Kier molecular flexibility index (Phi) is 4.97. The SMILES string of the molecule is CCNCc1cnc(N(C)C2CCCN(C)C2)s1. The first-order valence-corrected chi connectivity index (χ1v) is 7.59. The molecule has 102 valence electrons. The summed E-state index contributed by atoms with van der Waals surface area (Å²) in [5, 5.41) is 4.50. The molecule has 1 aromatic rings. The third-order valence-corrected chi connectivity index (χ3v) is 4.63. The number of thiazole rings is 1. The molecule has 0 saturated carbocycles. The summed E-state index contributed by atoms with van der Waals surface area (Å²) in [6.07, 6.45) is 4.58. The third kappa shape index (κ3) is 3.43. The van der Waals surface area contributed by atoms with Crippen LogP contribution in [0.25, 0.3) is 0 Å². The van der Waals surface area contributed by atoms with Crippen LogP contribution in [0, 0.1) is 0 Å². The molecule has 1 aliphatic heterocycles. The number of aromatic nitrogens is 1. The minimum absolute atomic E-state index is 0.613. The number of nitrogens with zero attached hydrogens (tertiary/aromatic N) is 3. The van der Waals surface area contributed by atoms with E-state index in [9.17, 15) is 0 Å². The molecule has 2 heterocycles. The highest BCUT2D eigenvalue weighted by molar-refractivity contribution is 7.15. The summed E-state index contributed by atoms with van der Waals surface area (Å²) in [4.78, 5) is 10.6. The Balaban J connectivity index is 1.95. The van der Waals surface area contributed by atoms with Crippen LogP contribution in [0.4, 0.5) is 5.13 Å². The molecule has 2 rings (SSSR count). The Bertz CT molecular complexity index is 366. The van der Waals surface area contributed by atoms with Crippen molar-refractivity contribution in [2.75, 3.05) is 38.6 Å². The van der Waals surface area contributed by atoms with E-state index >= 15 is 0 Å². The summed E-state index contributed by atoms with van der Waals surface area (Å²) < 4.78 is 0. The summed E-state index contributed by atoms with van der Waals surface area (Å²) in [5.41, 5.74) is 0. The smallest absolute Gasteiger partial charge is 0.185 e. The first-order valence-electron chi connectivity index (χ1n) is 6.77. The molecular formula is C13H24N4S. The summed E-state index contributed by atoms with van der Waals surface area (Å²) in [7, 11) is 4.39. The molecule has 1 unspecified atom stereocenters. The van der Waals surface area contributed by atoms with E-state index in [1.807, 2.05) is 17.5 Å². The first-order chi connectivity index (χ1) is 8.70. The maximum Gasteiger partial charge on any atom is 0.185 e. The normalized spacial score (nSPS) is 21.2. The molecule has 0 aliphatic carbocycles. The number of anilines is 1. The van der Waals surface area contributed by atoms with Crippen molar-refractivity contribution in [2.24, 2.45) is 0 Å². The first kappa shape index (κ1) is 13.8. The monoisotopic (exact) mass is 268 g/mol. The van der Waals surface area contributed by atoms with Crippen molar-refractivity contribution in [1.29, 1.82) is 0 Å². The van der Waals surface area contributed by atoms with Crippen LogP contribution in [0.2, 0.25) is 0 Å². The van der Waals surface area contributed by atoms with Crippen LogP contribution in [0.3, 0.4) is 0 Å². The lowest BCUT2D eigenvalue weighted by Gasteiger charge is -2.35. The van der Waals surface area contributed by atoms with Crippen LogP contribution in [0.15, 0.2) is 6.20 Å². The maximum absolute atomic E-state index is 4.56. The van der Waals surface area contributed by atoms with Crippen molar-refractivity contribution in [3.63, 3.8) is 0 Å². The van der Waals surface area contributed by atoms with Crippen molar-refractivity contribution in [3.05, 3.63) is 11.1 Å². The molecule has 5 heteroatoms. The second kappa shape index (κ2) is 6.50. The number of likely N-dealkylation sites (N-methyl/N-ethyl adjacent to an activating group) is 2. The quantitative estimate of drug-likeness (QED) is 0.882. The number of piperidine rings is 1. The molecular weight excluding hydrogens is 244 g/mol. The lowest BCUT2D eigenvalue weighted by molar-refractivity contribution is 0.248. The van der Waals surface area contributed by atoms with Gasteiger partial charge in [-0.2, -0.15) is 0 Å². The van der Waals surface area contributed by atoms with Gasteiger partial charge in [0.05, 0.1) is 0 Å². The van der Waals surface area contributed by atoms with Gasteiger partial charge in [0.1, 0.15) is 0 Å². The van der Waals surface area contributed by atoms with Crippen LogP contribution >= 0.6 is 11.3 Å². The molecule has 0 amide bonds. The van der Waals surface area contributed by atoms with Crippen molar-refractivity contribution in [2.45, 2.75) is 32.4 Å². The zero-order valence-electron chi connectivity index (χ0n) is 11.6. The van der Waals surface area contributed by atoms with Gasteiger partial charge in [0.2, 0.25) is 0 Å². The standard InChI is InChI=1S/C13H24N4S/c1-4-14-8-12-9-15-13(18-12)17(3)11-6-5-7-16(2)10-11/h9,11,14H,4-8,10H2,1-3H3. The molecule has 4 nitrogen and oxygen atoms in total. The minimum atomic E-state index is 0.613. The van der Waals surface area contributed by atoms with Crippen molar-refractivity contribution in [1.82, 2.24) is 15.2 Å². The van der Waals surface area contributed by atoms with E-state index in [0.717, 1.165) is 24.8 Å². The average Bonchev–Trinajstić information content (AvgIpc) is 2.84. The Hall–Kier alpha value is -0.650. The number of nitrogens with one attached hydrogen (secondary N) is 1. The number of hydrogen-bond acceptors (Lipinski definition) is 5. The van der Waals surface area contributed by atoms with Crippen molar-refractivity contribution in [3.8, 4) is 0 Å². The minimum Gasteiger partial charge on any atom is -0.347 e. The van der Waals surface area contributed by atoms with E-state index < -0.39 is 0 Å². The van der Waals surface area contributed by atoms with E-state index in [-0.39, 0.29) is 0 Å². The summed E-state index contributed by atoms with van der Waals surface area (Å²) in [6, 6.07) is 0.613. The van der Waals surface area contributed by atoms with E-state index in [1.165, 1.54) is 24.3 Å². The summed E-state index contributed by atoms with van der Waals surface area (Å²) in [6.45, 7) is 6.46. The molecule has 1 aromatic heterocycles. The maximum atomic E-state index is 4.56. The molecule has 1 fully saturated rings. The fraction of sp³-hybridized carbons (Fsp3) is 0.769. The van der Waals surface area contributed by atoms with E-state index in [2.05, 4.69) is 41.1 Å². The Morgan fingerprint density at radius 3 is 3.17 bits per heavy atom. The topological polar surface area (TPSA) is 31.4 Å². The number of rotatable bonds is 5. The van der Waals surface area contributed by atoms with Crippen LogP contribution in [0.5, 0.6) is 0 Å². The number of hydrogen-bond donors (Lipinski definition) is 1. The van der Waals surface area contributed by atoms with Gasteiger partial charge in [-0.1, -0.05) is 6.92 Å². The van der Waals surface area contributed by atoms with Crippen molar-refractivity contribution < 1.29 is 0 Å². The van der Waals surface area contributed by atoms with Crippen LogP contribution in [-0.4, -0.2) is 49.7 Å². The molecule has 0 spiro atoms. The van der Waals surface area contributed by atoms with Crippen LogP contribution in [0.1, 0.15) is 24.6 Å². The van der Waals surface area contributed by atoms with Crippen LogP contribution in [-0.2, 0) is 6.54 Å². The van der Waals surface area contributed by atoms with Gasteiger partial charge in [0, 0.05) is 37.3 Å².